The first-order valence-corrected chi connectivity index (χ1v) is 8.67. The van der Waals surface area contributed by atoms with Gasteiger partial charge in [-0.2, -0.15) is 0 Å². The van der Waals surface area contributed by atoms with Crippen LogP contribution in [0.15, 0.2) is 30.3 Å². The standard InChI is InChI=1S/C18H23N3O2S/c1-11(10-15-9-8-12(2)24-15)19-18(23)21-17-7-5-6-16(13(17)3)20-14(4)22/h5-9,11H,10H2,1-4H3,(H,20,22)(H2,19,21,23)/t11-/m0/s1. The minimum absolute atomic E-state index is 0.0295. The van der Waals surface area contributed by atoms with Crippen LogP contribution in [0.5, 0.6) is 0 Å². The lowest BCUT2D eigenvalue weighted by Crippen LogP contribution is -2.37. The summed E-state index contributed by atoms with van der Waals surface area (Å²) in [6, 6.07) is 9.38. The van der Waals surface area contributed by atoms with Crippen LogP contribution in [0.4, 0.5) is 16.2 Å². The van der Waals surface area contributed by atoms with E-state index in [9.17, 15) is 9.59 Å². The fourth-order valence-electron chi connectivity index (χ4n) is 2.43. The Morgan fingerprint density at radius 3 is 2.33 bits per heavy atom. The van der Waals surface area contributed by atoms with Gasteiger partial charge in [-0.3, -0.25) is 4.79 Å². The molecule has 0 saturated carbocycles. The normalized spacial score (nSPS) is 11.7. The number of hydrogen-bond acceptors (Lipinski definition) is 3. The lowest BCUT2D eigenvalue weighted by atomic mass is 10.1. The number of aryl methyl sites for hydroxylation is 1. The highest BCUT2D eigenvalue weighted by atomic mass is 32.1. The fraction of sp³-hybridized carbons (Fsp3) is 0.333. The molecule has 0 bridgehead atoms. The van der Waals surface area contributed by atoms with Crippen molar-refractivity contribution in [3.63, 3.8) is 0 Å². The zero-order valence-electron chi connectivity index (χ0n) is 14.4. The highest BCUT2D eigenvalue weighted by molar-refractivity contribution is 7.11. The second kappa shape index (κ2) is 7.97. The molecule has 1 atom stereocenters. The van der Waals surface area contributed by atoms with Crippen molar-refractivity contribution in [1.82, 2.24) is 5.32 Å². The molecular weight excluding hydrogens is 322 g/mol. The van der Waals surface area contributed by atoms with Crippen LogP contribution in [-0.2, 0) is 11.2 Å². The molecule has 1 aromatic heterocycles. The van der Waals surface area contributed by atoms with Gasteiger partial charge in [0.05, 0.1) is 0 Å². The smallest absolute Gasteiger partial charge is 0.319 e. The van der Waals surface area contributed by atoms with Crippen LogP contribution in [0, 0.1) is 13.8 Å². The van der Waals surface area contributed by atoms with E-state index in [0.29, 0.717) is 11.4 Å². The van der Waals surface area contributed by atoms with Crippen LogP contribution in [-0.4, -0.2) is 18.0 Å². The third-order valence-corrected chi connectivity index (χ3v) is 4.60. The van der Waals surface area contributed by atoms with E-state index in [0.717, 1.165) is 12.0 Å². The minimum Gasteiger partial charge on any atom is -0.335 e. The van der Waals surface area contributed by atoms with Crippen molar-refractivity contribution < 1.29 is 9.59 Å². The molecule has 0 radical (unpaired) electrons. The molecule has 1 aromatic carbocycles. The lowest BCUT2D eigenvalue weighted by Gasteiger charge is -2.16. The molecule has 0 aliphatic carbocycles. The van der Waals surface area contributed by atoms with Gasteiger partial charge in [0.2, 0.25) is 5.91 Å². The molecule has 24 heavy (non-hydrogen) atoms. The second-order valence-electron chi connectivity index (χ2n) is 5.88. The highest BCUT2D eigenvalue weighted by Crippen LogP contribution is 2.23. The largest absolute Gasteiger partial charge is 0.335 e. The number of hydrogen-bond donors (Lipinski definition) is 3. The molecular formula is C18H23N3O2S. The number of thiophene rings is 1. The van der Waals surface area contributed by atoms with Gasteiger partial charge in [-0.15, -0.1) is 11.3 Å². The number of amides is 3. The lowest BCUT2D eigenvalue weighted by molar-refractivity contribution is -0.114. The Morgan fingerprint density at radius 1 is 1.08 bits per heavy atom. The maximum absolute atomic E-state index is 12.2. The van der Waals surface area contributed by atoms with Gasteiger partial charge in [0.15, 0.2) is 0 Å². The van der Waals surface area contributed by atoms with E-state index < -0.39 is 0 Å². The summed E-state index contributed by atoms with van der Waals surface area (Å²) in [7, 11) is 0. The zero-order valence-corrected chi connectivity index (χ0v) is 15.2. The Morgan fingerprint density at radius 2 is 1.75 bits per heavy atom. The molecule has 3 N–H and O–H groups in total. The molecule has 3 amide bonds. The Labute approximate surface area is 146 Å². The molecule has 6 heteroatoms. The van der Waals surface area contributed by atoms with Gasteiger partial charge in [-0.05, 0) is 50.6 Å². The maximum atomic E-state index is 12.2. The van der Waals surface area contributed by atoms with Crippen LogP contribution in [0.1, 0.15) is 29.2 Å². The Balaban J connectivity index is 1.95. The van der Waals surface area contributed by atoms with E-state index in [1.807, 2.05) is 26.0 Å². The van der Waals surface area contributed by atoms with Crippen LogP contribution in [0.25, 0.3) is 0 Å². The van der Waals surface area contributed by atoms with E-state index in [4.69, 9.17) is 0 Å². The summed E-state index contributed by atoms with van der Waals surface area (Å²) in [5.74, 6) is -0.139. The topological polar surface area (TPSA) is 70.2 Å². The zero-order chi connectivity index (χ0) is 17.7. The van der Waals surface area contributed by atoms with Crippen molar-refractivity contribution >= 4 is 34.6 Å². The van der Waals surface area contributed by atoms with E-state index in [1.165, 1.54) is 16.7 Å². The van der Waals surface area contributed by atoms with Crippen molar-refractivity contribution in [2.75, 3.05) is 10.6 Å². The first kappa shape index (κ1) is 18.0. The van der Waals surface area contributed by atoms with Crippen molar-refractivity contribution in [2.45, 2.75) is 40.2 Å². The number of nitrogens with one attached hydrogen (secondary N) is 3. The van der Waals surface area contributed by atoms with E-state index in [2.05, 4.69) is 35.0 Å². The Hall–Kier alpha value is -2.34. The molecule has 2 rings (SSSR count). The van der Waals surface area contributed by atoms with Gasteiger partial charge in [0.25, 0.3) is 0 Å². The van der Waals surface area contributed by atoms with E-state index in [1.54, 1.807) is 17.4 Å². The van der Waals surface area contributed by atoms with Crippen molar-refractivity contribution in [2.24, 2.45) is 0 Å². The van der Waals surface area contributed by atoms with Gasteiger partial charge in [-0.1, -0.05) is 6.07 Å². The molecule has 128 valence electrons. The molecule has 0 saturated heterocycles. The Bertz CT molecular complexity index is 740. The van der Waals surface area contributed by atoms with Crippen molar-refractivity contribution in [3.8, 4) is 0 Å². The average molecular weight is 345 g/mol. The molecule has 5 nitrogen and oxygen atoms in total. The van der Waals surface area contributed by atoms with E-state index >= 15 is 0 Å². The Kier molecular flexibility index (Phi) is 5.98. The van der Waals surface area contributed by atoms with Crippen molar-refractivity contribution in [1.29, 1.82) is 0 Å². The predicted molar refractivity (Wildman–Crippen MR) is 99.9 cm³/mol. The SMILES string of the molecule is CC(=O)Nc1cccc(NC(=O)N[C@@H](C)Cc2ccc(C)s2)c1C. The molecule has 2 aromatic rings. The van der Waals surface area contributed by atoms with E-state index in [-0.39, 0.29) is 18.0 Å². The molecule has 0 aliphatic rings. The number of carbonyl (C=O) groups excluding carboxylic acids is 2. The summed E-state index contributed by atoms with van der Waals surface area (Å²) in [6.45, 7) is 7.37. The van der Waals surface area contributed by atoms with Crippen LogP contribution in [0.2, 0.25) is 0 Å². The summed E-state index contributed by atoms with van der Waals surface area (Å²) in [4.78, 5) is 25.9. The number of rotatable bonds is 5. The molecule has 0 aliphatic heterocycles. The van der Waals surface area contributed by atoms with Gasteiger partial charge < -0.3 is 16.0 Å². The third kappa shape index (κ3) is 5.09. The first-order chi connectivity index (χ1) is 11.3. The summed E-state index contributed by atoms with van der Waals surface area (Å²) >= 11 is 1.75. The monoisotopic (exact) mass is 345 g/mol. The number of carbonyl (C=O) groups is 2. The average Bonchev–Trinajstić information content (AvgIpc) is 2.87. The second-order valence-corrected chi connectivity index (χ2v) is 7.25. The summed E-state index contributed by atoms with van der Waals surface area (Å²) in [6.07, 6.45) is 0.802. The summed E-state index contributed by atoms with van der Waals surface area (Å²) < 4.78 is 0. The maximum Gasteiger partial charge on any atom is 0.319 e. The van der Waals surface area contributed by atoms with Crippen LogP contribution < -0.4 is 16.0 Å². The van der Waals surface area contributed by atoms with Gasteiger partial charge in [0.1, 0.15) is 0 Å². The number of anilines is 2. The third-order valence-electron chi connectivity index (χ3n) is 3.57. The highest BCUT2D eigenvalue weighted by Gasteiger charge is 2.12. The van der Waals surface area contributed by atoms with Crippen LogP contribution >= 0.6 is 11.3 Å². The fourth-order valence-corrected chi connectivity index (χ4v) is 3.45. The first-order valence-electron chi connectivity index (χ1n) is 7.85. The molecule has 0 spiro atoms. The summed E-state index contributed by atoms with van der Waals surface area (Å²) in [5.41, 5.74) is 2.20. The van der Waals surface area contributed by atoms with Gasteiger partial charge in [0, 0.05) is 40.5 Å². The minimum atomic E-state index is -0.251. The van der Waals surface area contributed by atoms with Gasteiger partial charge >= 0.3 is 6.03 Å². The predicted octanol–water partition coefficient (Wildman–Crippen LogP) is 4.08. The molecule has 0 unspecified atom stereocenters. The quantitative estimate of drug-likeness (QED) is 0.764. The van der Waals surface area contributed by atoms with Crippen LogP contribution in [0.3, 0.4) is 0 Å². The number of benzene rings is 1. The summed E-state index contributed by atoms with van der Waals surface area (Å²) in [5, 5.41) is 8.54. The molecule has 0 fully saturated rings. The van der Waals surface area contributed by atoms with Gasteiger partial charge in [-0.25, -0.2) is 4.79 Å². The van der Waals surface area contributed by atoms with Crippen molar-refractivity contribution in [3.05, 3.63) is 45.6 Å². The number of urea groups is 1. The molecule has 1 heterocycles.